The normalized spacial score (nSPS) is 18.0. The molecule has 0 bridgehead atoms. The molecule has 3 aromatic heterocycles. The highest BCUT2D eigenvalue weighted by molar-refractivity contribution is 6.30. The number of benzene rings is 1. The highest BCUT2D eigenvalue weighted by Crippen LogP contribution is 2.27. The predicted molar refractivity (Wildman–Crippen MR) is 140 cm³/mol. The van der Waals surface area contributed by atoms with Crippen molar-refractivity contribution in [3.8, 4) is 0 Å². The summed E-state index contributed by atoms with van der Waals surface area (Å²) in [5.74, 6) is 0.266. The van der Waals surface area contributed by atoms with E-state index in [9.17, 15) is 9.59 Å². The molecule has 0 spiro atoms. The minimum Gasteiger partial charge on any atom is -0.349 e. The van der Waals surface area contributed by atoms with Crippen LogP contribution in [0, 0.1) is 12.8 Å². The molecule has 0 unspecified atom stereocenters. The third kappa shape index (κ3) is 5.09. The molecule has 1 fully saturated rings. The first-order valence-electron chi connectivity index (χ1n) is 12.5. The molecule has 0 aliphatic heterocycles. The number of nitrogens with one attached hydrogen (secondary N) is 1. The van der Waals surface area contributed by atoms with Crippen LogP contribution in [-0.2, 0) is 26.6 Å². The predicted octanol–water partition coefficient (Wildman–Crippen LogP) is 4.12. The van der Waals surface area contributed by atoms with Crippen LogP contribution in [0.2, 0.25) is 5.02 Å². The summed E-state index contributed by atoms with van der Waals surface area (Å²) < 4.78 is 5.60. The molecule has 5 rings (SSSR count). The summed E-state index contributed by atoms with van der Waals surface area (Å²) >= 11 is 6.03. The Labute approximate surface area is 214 Å². The van der Waals surface area contributed by atoms with Crippen molar-refractivity contribution in [3.63, 3.8) is 0 Å². The SMILES string of the molecule is Cc1ncc(Cl)cc1C(=O)N[C@H]1CC[C@H](Cn2c(=O)n(CCc3cnn(C)c3)c3ccccc32)CC1. The van der Waals surface area contributed by atoms with Gasteiger partial charge in [0, 0.05) is 38.6 Å². The second kappa shape index (κ2) is 10.3. The average Bonchev–Trinajstić information content (AvgIpc) is 3.40. The van der Waals surface area contributed by atoms with Gasteiger partial charge in [0.05, 0.1) is 33.5 Å². The summed E-state index contributed by atoms with van der Waals surface area (Å²) in [4.78, 5) is 30.4. The van der Waals surface area contributed by atoms with Gasteiger partial charge < -0.3 is 5.32 Å². The largest absolute Gasteiger partial charge is 0.349 e. The van der Waals surface area contributed by atoms with E-state index in [0.717, 1.165) is 48.7 Å². The van der Waals surface area contributed by atoms with E-state index in [0.29, 0.717) is 35.3 Å². The van der Waals surface area contributed by atoms with Gasteiger partial charge in [0.1, 0.15) is 0 Å². The molecule has 3 heterocycles. The Kier molecular flexibility index (Phi) is 6.96. The maximum absolute atomic E-state index is 13.4. The van der Waals surface area contributed by atoms with Gasteiger partial charge in [-0.1, -0.05) is 23.7 Å². The minimum absolute atomic E-state index is 0.0412. The minimum atomic E-state index is -0.126. The number of nitrogens with zero attached hydrogens (tertiary/aromatic N) is 5. The van der Waals surface area contributed by atoms with E-state index in [-0.39, 0.29) is 17.6 Å². The second-order valence-corrected chi connectivity index (χ2v) is 10.2. The van der Waals surface area contributed by atoms with E-state index in [2.05, 4.69) is 15.4 Å². The molecule has 188 valence electrons. The molecular formula is C27H31ClN6O2. The van der Waals surface area contributed by atoms with Crippen molar-refractivity contribution in [2.75, 3.05) is 0 Å². The van der Waals surface area contributed by atoms with E-state index in [1.54, 1.807) is 16.9 Å². The van der Waals surface area contributed by atoms with Crippen molar-refractivity contribution in [1.82, 2.24) is 29.2 Å². The van der Waals surface area contributed by atoms with Crippen LogP contribution in [0.25, 0.3) is 11.0 Å². The monoisotopic (exact) mass is 506 g/mol. The highest BCUT2D eigenvalue weighted by Gasteiger charge is 2.25. The molecule has 0 radical (unpaired) electrons. The number of amides is 1. The Balaban J connectivity index is 1.24. The van der Waals surface area contributed by atoms with Gasteiger partial charge in [-0.15, -0.1) is 0 Å². The number of carbonyl (C=O) groups excluding carboxylic acids is 1. The molecule has 1 amide bonds. The maximum Gasteiger partial charge on any atom is 0.329 e. The Morgan fingerprint density at radius 3 is 2.53 bits per heavy atom. The molecule has 9 heteroatoms. The summed E-state index contributed by atoms with van der Waals surface area (Å²) in [6.07, 6.45) is 9.84. The first-order chi connectivity index (χ1) is 17.4. The van der Waals surface area contributed by atoms with Crippen LogP contribution in [0.3, 0.4) is 0 Å². The molecule has 1 N–H and O–H groups in total. The topological polar surface area (TPSA) is 86.7 Å². The molecule has 1 saturated carbocycles. The number of fused-ring (bicyclic) bond motifs is 1. The number of hydrogen-bond acceptors (Lipinski definition) is 4. The smallest absolute Gasteiger partial charge is 0.329 e. The number of rotatable bonds is 7. The first kappa shape index (κ1) is 24.3. The molecule has 0 saturated heterocycles. The maximum atomic E-state index is 13.4. The van der Waals surface area contributed by atoms with Crippen molar-refractivity contribution in [2.24, 2.45) is 13.0 Å². The Hall–Kier alpha value is -3.39. The van der Waals surface area contributed by atoms with Gasteiger partial charge in [-0.2, -0.15) is 5.10 Å². The lowest BCUT2D eigenvalue weighted by Crippen LogP contribution is -2.39. The van der Waals surface area contributed by atoms with Crippen LogP contribution in [0.4, 0.5) is 0 Å². The average molecular weight is 507 g/mol. The first-order valence-corrected chi connectivity index (χ1v) is 12.9. The fraction of sp³-hybridized carbons (Fsp3) is 0.407. The standard InChI is InChI=1S/C27H31ClN6O2/c1-18-23(13-21(28)15-29-18)26(35)31-22-9-7-19(8-10-22)17-34-25-6-4-3-5-24(25)33(27(34)36)12-11-20-14-30-32(2)16-20/h3-6,13-16,19,22H,7-12,17H2,1-2H3,(H,31,35)/t19-,22-. The third-order valence-corrected chi connectivity index (χ3v) is 7.44. The fourth-order valence-electron chi connectivity index (χ4n) is 5.26. The molecule has 36 heavy (non-hydrogen) atoms. The number of aromatic nitrogens is 5. The van der Waals surface area contributed by atoms with Gasteiger partial charge in [0.25, 0.3) is 5.91 Å². The van der Waals surface area contributed by atoms with Crippen LogP contribution in [0.15, 0.2) is 53.7 Å². The number of halogens is 1. The van der Waals surface area contributed by atoms with Gasteiger partial charge in [-0.3, -0.25) is 23.6 Å². The summed E-state index contributed by atoms with van der Waals surface area (Å²) in [6, 6.07) is 9.81. The van der Waals surface area contributed by atoms with Gasteiger partial charge in [0.2, 0.25) is 0 Å². The van der Waals surface area contributed by atoms with Crippen molar-refractivity contribution in [1.29, 1.82) is 0 Å². The zero-order valence-corrected chi connectivity index (χ0v) is 21.4. The van der Waals surface area contributed by atoms with Crippen LogP contribution >= 0.6 is 11.6 Å². The summed E-state index contributed by atoms with van der Waals surface area (Å²) in [5, 5.41) is 7.84. The van der Waals surface area contributed by atoms with E-state index >= 15 is 0 Å². The van der Waals surface area contributed by atoms with Crippen LogP contribution < -0.4 is 11.0 Å². The lowest BCUT2D eigenvalue weighted by Gasteiger charge is -2.29. The van der Waals surface area contributed by atoms with Crippen molar-refractivity contribution < 1.29 is 4.79 Å². The van der Waals surface area contributed by atoms with Crippen molar-refractivity contribution >= 4 is 28.5 Å². The lowest BCUT2D eigenvalue weighted by atomic mass is 9.85. The van der Waals surface area contributed by atoms with E-state index in [4.69, 9.17) is 11.6 Å². The third-order valence-electron chi connectivity index (χ3n) is 7.23. The zero-order valence-electron chi connectivity index (χ0n) is 20.7. The van der Waals surface area contributed by atoms with Crippen molar-refractivity contribution in [2.45, 2.75) is 58.2 Å². The summed E-state index contributed by atoms with van der Waals surface area (Å²) in [6.45, 7) is 3.12. The van der Waals surface area contributed by atoms with Gasteiger partial charge in [-0.05, 0) is 68.7 Å². The lowest BCUT2D eigenvalue weighted by molar-refractivity contribution is 0.0919. The molecule has 1 aliphatic carbocycles. The molecule has 0 atom stereocenters. The molecule has 1 aliphatic rings. The van der Waals surface area contributed by atoms with Gasteiger partial charge in [-0.25, -0.2) is 4.79 Å². The van der Waals surface area contributed by atoms with Crippen LogP contribution in [0.5, 0.6) is 0 Å². The van der Waals surface area contributed by atoms with Gasteiger partial charge in [0.15, 0.2) is 0 Å². The molecule has 4 aromatic rings. The van der Waals surface area contributed by atoms with Crippen LogP contribution in [0.1, 0.15) is 47.3 Å². The summed E-state index contributed by atoms with van der Waals surface area (Å²) in [5.41, 5.74) is 4.30. The fourth-order valence-corrected chi connectivity index (χ4v) is 5.41. The summed E-state index contributed by atoms with van der Waals surface area (Å²) in [7, 11) is 1.90. The quantitative estimate of drug-likeness (QED) is 0.408. The number of pyridine rings is 1. The number of aryl methyl sites for hydroxylation is 4. The van der Waals surface area contributed by atoms with Gasteiger partial charge >= 0.3 is 5.69 Å². The Bertz CT molecular complexity index is 1440. The highest BCUT2D eigenvalue weighted by atomic mass is 35.5. The Morgan fingerprint density at radius 1 is 1.11 bits per heavy atom. The molecule has 8 nitrogen and oxygen atoms in total. The van der Waals surface area contributed by atoms with E-state index in [1.165, 1.54) is 0 Å². The molecule has 1 aromatic carbocycles. The number of imidazole rings is 1. The van der Waals surface area contributed by atoms with E-state index in [1.807, 2.05) is 59.8 Å². The number of carbonyl (C=O) groups is 1. The number of hydrogen-bond donors (Lipinski definition) is 1. The van der Waals surface area contributed by atoms with E-state index < -0.39 is 0 Å². The zero-order chi connectivity index (χ0) is 25.2. The molecular weight excluding hydrogens is 476 g/mol. The van der Waals surface area contributed by atoms with Crippen LogP contribution in [-0.4, -0.2) is 35.8 Å². The Morgan fingerprint density at radius 2 is 1.83 bits per heavy atom. The second-order valence-electron chi connectivity index (χ2n) is 9.78. The number of para-hydroxylation sites is 2. The van der Waals surface area contributed by atoms with Crippen molar-refractivity contribution in [3.05, 3.63) is 81.3 Å².